The summed E-state index contributed by atoms with van der Waals surface area (Å²) in [6.45, 7) is 8.06. The maximum atomic E-state index is 13.3. The van der Waals surface area contributed by atoms with Crippen LogP contribution in [0.4, 0.5) is 11.4 Å². The Kier molecular flexibility index (Phi) is 7.24. The Morgan fingerprint density at radius 3 is 2.38 bits per heavy atom. The molecule has 10 heteroatoms. The molecule has 0 saturated carbocycles. The average molecular weight is 539 g/mol. The zero-order chi connectivity index (χ0) is 26.1. The zero-order valence-corrected chi connectivity index (χ0v) is 22.3. The Morgan fingerprint density at radius 1 is 1.05 bits per heavy atom. The first-order chi connectivity index (χ1) is 17.8. The Hall–Kier alpha value is -3.33. The molecule has 1 aliphatic rings. The number of para-hydroxylation sites is 1. The Balaban J connectivity index is 1.36. The number of piperazine rings is 1. The summed E-state index contributed by atoms with van der Waals surface area (Å²) < 4.78 is 0. The van der Waals surface area contributed by atoms with E-state index in [1.165, 1.54) is 17.2 Å². The van der Waals surface area contributed by atoms with Gasteiger partial charge in [-0.25, -0.2) is 0 Å². The molecule has 1 amide bonds. The highest BCUT2D eigenvalue weighted by atomic mass is 35.5. The van der Waals surface area contributed by atoms with E-state index >= 15 is 0 Å². The number of halogens is 2. The lowest BCUT2D eigenvalue weighted by Gasteiger charge is -2.37. The van der Waals surface area contributed by atoms with Crippen LogP contribution in [0.1, 0.15) is 42.9 Å². The second-order valence-electron chi connectivity index (χ2n) is 9.38. The summed E-state index contributed by atoms with van der Waals surface area (Å²) in [5.74, 6) is -0.330. The standard InChI is InChI=1S/C27H28Cl2N6O2/c1-16-14-34(15-17(2)31-16)20-10-8-19(9-11-20)32-27(36)26-21-6-4-5-7-24(21)35(33-26)37-18(3)25-22(28)12-30-13-23(25)29/h4-13,16-18,31H,14-15H2,1-3H3,(H,32,36)/t16-,17+,18-/m1/s1. The van der Waals surface area contributed by atoms with Crippen LogP contribution < -0.4 is 20.4 Å². The van der Waals surface area contributed by atoms with Gasteiger partial charge in [-0.2, -0.15) is 0 Å². The molecule has 2 aromatic heterocycles. The van der Waals surface area contributed by atoms with Crippen LogP contribution in [0.2, 0.25) is 10.0 Å². The third-order valence-electron chi connectivity index (χ3n) is 6.37. The molecule has 8 nitrogen and oxygen atoms in total. The number of aromatic nitrogens is 3. The lowest BCUT2D eigenvalue weighted by molar-refractivity contribution is 0.0321. The molecule has 0 aliphatic carbocycles. The summed E-state index contributed by atoms with van der Waals surface area (Å²) in [5.41, 5.74) is 3.32. The van der Waals surface area contributed by atoms with Gasteiger partial charge in [-0.15, -0.1) is 5.10 Å². The summed E-state index contributed by atoms with van der Waals surface area (Å²) in [5, 5.41) is 12.4. The van der Waals surface area contributed by atoms with E-state index in [1.807, 2.05) is 55.5 Å². The molecular weight excluding hydrogens is 511 g/mol. The van der Waals surface area contributed by atoms with Gasteiger partial charge in [0.1, 0.15) is 5.52 Å². The molecule has 1 saturated heterocycles. The van der Waals surface area contributed by atoms with Crippen molar-refractivity contribution in [1.29, 1.82) is 0 Å². The third-order valence-corrected chi connectivity index (χ3v) is 6.98. The zero-order valence-electron chi connectivity index (χ0n) is 20.8. The first-order valence-corrected chi connectivity index (χ1v) is 12.9. The fourth-order valence-electron chi connectivity index (χ4n) is 4.78. The topological polar surface area (TPSA) is 84.3 Å². The van der Waals surface area contributed by atoms with E-state index in [4.69, 9.17) is 28.0 Å². The number of rotatable bonds is 6. The number of anilines is 2. The highest BCUT2D eigenvalue weighted by Gasteiger charge is 2.23. The molecule has 3 atom stereocenters. The largest absolute Gasteiger partial charge is 0.388 e. The molecular formula is C27H28Cl2N6O2. The van der Waals surface area contributed by atoms with Crippen LogP contribution in [0, 0.1) is 0 Å². The molecule has 2 aromatic carbocycles. The molecule has 1 fully saturated rings. The quantitative estimate of drug-likeness (QED) is 0.343. The minimum Gasteiger partial charge on any atom is -0.388 e. The fourth-order valence-corrected chi connectivity index (χ4v) is 5.45. The van der Waals surface area contributed by atoms with E-state index in [2.05, 4.69) is 39.5 Å². The van der Waals surface area contributed by atoms with E-state index < -0.39 is 6.10 Å². The summed E-state index contributed by atoms with van der Waals surface area (Å²) in [6, 6.07) is 16.1. The fraction of sp³-hybridized carbons (Fsp3) is 0.296. The van der Waals surface area contributed by atoms with Crippen molar-refractivity contribution in [1.82, 2.24) is 20.2 Å². The van der Waals surface area contributed by atoms with Gasteiger partial charge in [0.05, 0.1) is 10.0 Å². The van der Waals surface area contributed by atoms with Gasteiger partial charge in [-0.05, 0) is 51.1 Å². The molecule has 4 aromatic rings. The molecule has 5 rings (SSSR count). The maximum Gasteiger partial charge on any atom is 0.276 e. The van der Waals surface area contributed by atoms with Gasteiger partial charge in [0.2, 0.25) is 0 Å². The van der Waals surface area contributed by atoms with Crippen molar-refractivity contribution in [3.05, 3.63) is 82.2 Å². The first kappa shape index (κ1) is 25.3. The van der Waals surface area contributed by atoms with Crippen molar-refractivity contribution in [2.45, 2.75) is 39.0 Å². The minimum atomic E-state index is -0.537. The van der Waals surface area contributed by atoms with Crippen LogP contribution in [0.5, 0.6) is 0 Å². The maximum absolute atomic E-state index is 13.3. The van der Waals surface area contributed by atoms with Crippen molar-refractivity contribution in [2.24, 2.45) is 0 Å². The number of amides is 1. The molecule has 3 heterocycles. The van der Waals surface area contributed by atoms with Crippen molar-refractivity contribution < 1.29 is 9.63 Å². The van der Waals surface area contributed by atoms with E-state index in [-0.39, 0.29) is 11.6 Å². The van der Waals surface area contributed by atoms with Crippen molar-refractivity contribution >= 4 is 51.4 Å². The number of nitrogens with one attached hydrogen (secondary N) is 2. The molecule has 2 N–H and O–H groups in total. The van der Waals surface area contributed by atoms with Crippen LogP contribution in [0.3, 0.4) is 0 Å². The van der Waals surface area contributed by atoms with Gasteiger partial charge in [-0.1, -0.05) is 46.2 Å². The molecule has 1 aliphatic heterocycles. The summed E-state index contributed by atoms with van der Waals surface area (Å²) in [4.78, 5) is 27.0. The number of nitrogens with zero attached hydrogens (tertiary/aromatic N) is 4. The Bertz CT molecular complexity index is 1390. The Labute approximate surface area is 225 Å². The number of hydrogen-bond acceptors (Lipinski definition) is 6. The van der Waals surface area contributed by atoms with Crippen LogP contribution in [-0.4, -0.2) is 46.0 Å². The minimum absolute atomic E-state index is 0.253. The smallest absolute Gasteiger partial charge is 0.276 e. The van der Waals surface area contributed by atoms with Gasteiger partial charge in [-0.3, -0.25) is 9.78 Å². The van der Waals surface area contributed by atoms with Gasteiger partial charge in [0, 0.05) is 59.9 Å². The van der Waals surface area contributed by atoms with E-state index in [1.54, 1.807) is 0 Å². The van der Waals surface area contributed by atoms with Crippen molar-refractivity contribution in [3.8, 4) is 0 Å². The van der Waals surface area contributed by atoms with Gasteiger partial charge < -0.3 is 20.4 Å². The number of fused-ring (bicyclic) bond motifs is 1. The average Bonchev–Trinajstić information content (AvgIpc) is 3.22. The summed E-state index contributed by atoms with van der Waals surface area (Å²) >= 11 is 12.6. The van der Waals surface area contributed by atoms with Crippen LogP contribution in [0.25, 0.3) is 10.9 Å². The van der Waals surface area contributed by atoms with Gasteiger partial charge in [0.25, 0.3) is 5.91 Å². The van der Waals surface area contributed by atoms with Gasteiger partial charge >= 0.3 is 0 Å². The molecule has 0 unspecified atom stereocenters. The predicted molar refractivity (Wildman–Crippen MR) is 148 cm³/mol. The van der Waals surface area contributed by atoms with Crippen LogP contribution in [0.15, 0.2) is 60.9 Å². The number of pyridine rings is 1. The third kappa shape index (κ3) is 5.37. The number of carbonyl (C=O) groups excluding carboxylic acids is 1. The van der Waals surface area contributed by atoms with E-state index in [0.29, 0.717) is 44.3 Å². The van der Waals surface area contributed by atoms with Crippen molar-refractivity contribution in [3.63, 3.8) is 0 Å². The highest BCUT2D eigenvalue weighted by Crippen LogP contribution is 2.31. The molecule has 0 radical (unpaired) electrons. The van der Waals surface area contributed by atoms with Gasteiger partial charge in [0.15, 0.2) is 11.8 Å². The van der Waals surface area contributed by atoms with Crippen LogP contribution >= 0.6 is 23.2 Å². The Morgan fingerprint density at radius 2 is 1.70 bits per heavy atom. The normalized spacial score (nSPS) is 18.6. The number of hydrogen-bond donors (Lipinski definition) is 2. The first-order valence-electron chi connectivity index (χ1n) is 12.2. The summed E-state index contributed by atoms with van der Waals surface area (Å²) in [6.07, 6.45) is 2.49. The number of carbonyl (C=O) groups is 1. The number of benzene rings is 2. The lowest BCUT2D eigenvalue weighted by Crippen LogP contribution is -2.54. The van der Waals surface area contributed by atoms with E-state index in [9.17, 15) is 4.79 Å². The highest BCUT2D eigenvalue weighted by molar-refractivity contribution is 6.35. The predicted octanol–water partition coefficient (Wildman–Crippen LogP) is 5.37. The lowest BCUT2D eigenvalue weighted by atomic mass is 10.1. The summed E-state index contributed by atoms with van der Waals surface area (Å²) in [7, 11) is 0. The molecule has 192 valence electrons. The van der Waals surface area contributed by atoms with E-state index in [0.717, 1.165) is 18.8 Å². The second-order valence-corrected chi connectivity index (χ2v) is 10.2. The molecule has 37 heavy (non-hydrogen) atoms. The molecule has 0 bridgehead atoms. The molecule has 0 spiro atoms. The van der Waals surface area contributed by atoms with Crippen molar-refractivity contribution in [2.75, 3.05) is 23.3 Å². The second kappa shape index (κ2) is 10.6. The SMILES string of the molecule is C[C@@H]1CN(c2ccc(NC(=O)c3nn(O[C@H](C)c4c(Cl)cncc4Cl)c4ccccc34)cc2)C[C@H](C)N1. The van der Waals surface area contributed by atoms with Crippen LogP contribution in [-0.2, 0) is 0 Å². The monoisotopic (exact) mass is 538 g/mol.